The van der Waals surface area contributed by atoms with Crippen molar-refractivity contribution in [2.75, 3.05) is 19.7 Å². The van der Waals surface area contributed by atoms with Gasteiger partial charge in [0.15, 0.2) is 0 Å². The van der Waals surface area contributed by atoms with Crippen molar-refractivity contribution in [3.05, 3.63) is 0 Å². The zero-order valence-electron chi connectivity index (χ0n) is 13.1. The molecule has 0 spiro atoms. The quantitative estimate of drug-likeness (QED) is 0.643. The second-order valence-corrected chi connectivity index (χ2v) is 6.30. The first-order valence-electron chi connectivity index (χ1n) is 7.40. The van der Waals surface area contributed by atoms with E-state index in [2.05, 4.69) is 15.4 Å². The Kier molecular flexibility index (Phi) is 6.74. The lowest BCUT2D eigenvalue weighted by Crippen LogP contribution is -2.42. The molecule has 1 rings (SSSR count). The second-order valence-electron chi connectivity index (χ2n) is 6.30. The van der Waals surface area contributed by atoms with Gasteiger partial charge in [-0.05, 0) is 39.5 Å². The molecule has 2 unspecified atom stereocenters. The van der Waals surface area contributed by atoms with Crippen LogP contribution in [0.4, 0.5) is 9.59 Å². The van der Waals surface area contributed by atoms with Gasteiger partial charge in [-0.25, -0.2) is 9.59 Å². The molecule has 21 heavy (non-hydrogen) atoms. The van der Waals surface area contributed by atoms with E-state index in [1.807, 2.05) is 20.8 Å². The molecule has 2 amide bonds. The summed E-state index contributed by atoms with van der Waals surface area (Å²) in [6, 6.07) is 0.316. The molecule has 0 aromatic rings. The number of hydrogen-bond donors (Lipinski definition) is 3. The highest BCUT2D eigenvalue weighted by molar-refractivity contribution is 5.67. The highest BCUT2D eigenvalue weighted by Gasteiger charge is 2.27. The van der Waals surface area contributed by atoms with Crippen LogP contribution >= 0.6 is 0 Å². The molecule has 7 heteroatoms. The van der Waals surface area contributed by atoms with Gasteiger partial charge >= 0.3 is 12.2 Å². The van der Waals surface area contributed by atoms with Crippen molar-refractivity contribution in [3.63, 3.8) is 0 Å². The van der Waals surface area contributed by atoms with E-state index in [1.54, 1.807) is 0 Å². The number of nitrogens with two attached hydrogens (primary N) is 1. The van der Waals surface area contributed by atoms with Crippen LogP contribution in [-0.2, 0) is 9.47 Å². The minimum atomic E-state index is -0.758. The van der Waals surface area contributed by atoms with Crippen LogP contribution in [0.1, 0.15) is 40.0 Å². The molecule has 2 atom stereocenters. The van der Waals surface area contributed by atoms with Crippen molar-refractivity contribution in [1.82, 2.24) is 10.6 Å². The van der Waals surface area contributed by atoms with Crippen molar-refractivity contribution < 1.29 is 19.1 Å². The molecule has 0 aromatic heterocycles. The van der Waals surface area contributed by atoms with Gasteiger partial charge in [-0.3, -0.25) is 0 Å². The minimum absolute atomic E-state index is 0.262. The molecule has 7 nitrogen and oxygen atoms in total. The molecular weight excluding hydrogens is 274 g/mol. The van der Waals surface area contributed by atoms with Crippen molar-refractivity contribution in [2.24, 2.45) is 11.7 Å². The van der Waals surface area contributed by atoms with Crippen LogP contribution in [0.25, 0.3) is 0 Å². The predicted molar refractivity (Wildman–Crippen MR) is 78.9 cm³/mol. The number of alkyl carbamates (subject to hydrolysis) is 1. The summed E-state index contributed by atoms with van der Waals surface area (Å²) in [4.78, 5) is 22.1. The maximum Gasteiger partial charge on any atom is 0.407 e. The third-order valence-corrected chi connectivity index (χ3v) is 3.32. The molecule has 0 bridgehead atoms. The molecule has 0 aliphatic heterocycles. The SMILES string of the molecule is CC(C)(C)OC(=O)NCC1CCCC1NCCOC(N)=O. The summed E-state index contributed by atoms with van der Waals surface area (Å²) in [6.07, 6.45) is 2.09. The van der Waals surface area contributed by atoms with Crippen molar-refractivity contribution >= 4 is 12.2 Å². The summed E-state index contributed by atoms with van der Waals surface area (Å²) >= 11 is 0. The molecule has 1 aliphatic rings. The molecule has 122 valence electrons. The largest absolute Gasteiger partial charge is 0.448 e. The van der Waals surface area contributed by atoms with E-state index >= 15 is 0 Å². The summed E-state index contributed by atoms with van der Waals surface area (Å²) in [7, 11) is 0. The van der Waals surface area contributed by atoms with Crippen LogP contribution in [0.5, 0.6) is 0 Å². The number of ether oxygens (including phenoxy) is 2. The Hall–Kier alpha value is -1.50. The molecular formula is C14H27N3O4. The smallest absolute Gasteiger partial charge is 0.407 e. The summed E-state index contributed by atoms with van der Waals surface area (Å²) in [6.45, 7) is 6.93. The summed E-state index contributed by atoms with van der Waals surface area (Å²) < 4.78 is 9.89. The summed E-state index contributed by atoms with van der Waals surface area (Å²) in [5.74, 6) is 0.367. The predicted octanol–water partition coefficient (Wildman–Crippen LogP) is 1.36. The molecule has 4 N–H and O–H groups in total. The van der Waals surface area contributed by atoms with Crippen LogP contribution < -0.4 is 16.4 Å². The van der Waals surface area contributed by atoms with E-state index in [-0.39, 0.29) is 12.7 Å². The van der Waals surface area contributed by atoms with E-state index in [0.29, 0.717) is 25.0 Å². The molecule has 1 saturated carbocycles. The number of amides is 2. The Morgan fingerprint density at radius 1 is 1.29 bits per heavy atom. The molecule has 0 aromatic carbocycles. The first-order valence-corrected chi connectivity index (χ1v) is 7.40. The summed E-state index contributed by atoms with van der Waals surface area (Å²) in [5, 5.41) is 6.15. The van der Waals surface area contributed by atoms with Crippen LogP contribution in [0.15, 0.2) is 0 Å². The van der Waals surface area contributed by atoms with Gasteiger partial charge in [0.2, 0.25) is 0 Å². The molecule has 0 heterocycles. The number of nitrogens with one attached hydrogen (secondary N) is 2. The van der Waals surface area contributed by atoms with E-state index < -0.39 is 11.7 Å². The highest BCUT2D eigenvalue weighted by atomic mass is 16.6. The molecule has 1 aliphatic carbocycles. The van der Waals surface area contributed by atoms with Gasteiger partial charge < -0.3 is 25.8 Å². The van der Waals surface area contributed by atoms with E-state index in [1.165, 1.54) is 0 Å². The van der Waals surface area contributed by atoms with E-state index in [0.717, 1.165) is 19.3 Å². The lowest BCUT2D eigenvalue weighted by molar-refractivity contribution is 0.0517. The van der Waals surface area contributed by atoms with Crippen molar-refractivity contribution in [2.45, 2.75) is 51.7 Å². The molecule has 1 fully saturated rings. The van der Waals surface area contributed by atoms with Crippen LogP contribution in [0, 0.1) is 5.92 Å². The standard InChI is InChI=1S/C14H27N3O4/c1-14(2,3)21-13(19)17-9-10-5-4-6-11(10)16-7-8-20-12(15)18/h10-11,16H,4-9H2,1-3H3,(H2,15,18)(H,17,19). The first kappa shape index (κ1) is 17.6. The van der Waals surface area contributed by atoms with Gasteiger partial charge in [-0.15, -0.1) is 0 Å². The van der Waals surface area contributed by atoms with Gasteiger partial charge in [0.25, 0.3) is 0 Å². The Labute approximate surface area is 125 Å². The minimum Gasteiger partial charge on any atom is -0.448 e. The number of primary amides is 1. The zero-order valence-corrected chi connectivity index (χ0v) is 13.1. The fourth-order valence-corrected chi connectivity index (χ4v) is 2.47. The topological polar surface area (TPSA) is 103 Å². The average Bonchev–Trinajstić information content (AvgIpc) is 2.77. The maximum atomic E-state index is 11.6. The Morgan fingerprint density at radius 2 is 2.00 bits per heavy atom. The third kappa shape index (κ3) is 7.75. The van der Waals surface area contributed by atoms with Gasteiger partial charge in [0.1, 0.15) is 12.2 Å². The van der Waals surface area contributed by atoms with Crippen molar-refractivity contribution in [3.8, 4) is 0 Å². The van der Waals surface area contributed by atoms with E-state index in [4.69, 9.17) is 10.5 Å². The van der Waals surface area contributed by atoms with Crippen LogP contribution in [-0.4, -0.2) is 43.5 Å². The first-order chi connectivity index (χ1) is 9.78. The number of rotatable bonds is 6. The monoisotopic (exact) mass is 301 g/mol. The second kappa shape index (κ2) is 8.07. The fraction of sp³-hybridized carbons (Fsp3) is 0.857. The molecule has 0 saturated heterocycles. The number of carbonyl (C=O) groups excluding carboxylic acids is 2. The zero-order chi connectivity index (χ0) is 15.9. The lowest BCUT2D eigenvalue weighted by Gasteiger charge is -2.23. The van der Waals surface area contributed by atoms with Crippen LogP contribution in [0.3, 0.4) is 0 Å². The Morgan fingerprint density at radius 3 is 2.62 bits per heavy atom. The number of carbonyl (C=O) groups is 2. The average molecular weight is 301 g/mol. The normalized spacial score (nSPS) is 21.9. The Bertz CT molecular complexity index is 355. The van der Waals surface area contributed by atoms with Gasteiger partial charge in [-0.1, -0.05) is 6.42 Å². The highest BCUT2D eigenvalue weighted by Crippen LogP contribution is 2.25. The molecule has 0 radical (unpaired) electrons. The maximum absolute atomic E-state index is 11.6. The van der Waals surface area contributed by atoms with Gasteiger partial charge in [0, 0.05) is 19.1 Å². The van der Waals surface area contributed by atoms with Crippen molar-refractivity contribution in [1.29, 1.82) is 0 Å². The number of hydrogen-bond acceptors (Lipinski definition) is 5. The third-order valence-electron chi connectivity index (χ3n) is 3.32. The van der Waals surface area contributed by atoms with Crippen LogP contribution in [0.2, 0.25) is 0 Å². The lowest BCUT2D eigenvalue weighted by atomic mass is 10.0. The van der Waals surface area contributed by atoms with E-state index in [9.17, 15) is 9.59 Å². The van der Waals surface area contributed by atoms with Gasteiger partial charge in [0.05, 0.1) is 0 Å². The summed E-state index contributed by atoms with van der Waals surface area (Å²) in [5.41, 5.74) is 4.41. The Balaban J connectivity index is 2.24. The van der Waals surface area contributed by atoms with Gasteiger partial charge in [-0.2, -0.15) is 0 Å². The fourth-order valence-electron chi connectivity index (χ4n) is 2.47.